The van der Waals surface area contributed by atoms with Crippen LogP contribution in [-0.4, -0.2) is 47.0 Å². The first-order valence-electron chi connectivity index (χ1n) is 8.86. The van der Waals surface area contributed by atoms with Gasteiger partial charge in [-0.1, -0.05) is 35.4 Å². The highest BCUT2D eigenvalue weighted by Gasteiger charge is 2.39. The molecule has 3 atom stereocenters. The van der Waals surface area contributed by atoms with E-state index in [1.165, 1.54) is 24.3 Å². The molecular formula is C19H22O8S2. The first-order chi connectivity index (χ1) is 13.6. The Kier molecular flexibility index (Phi) is 6.42. The summed E-state index contributed by atoms with van der Waals surface area (Å²) in [6.07, 6.45) is -3.59. The zero-order chi connectivity index (χ0) is 21.2. The molecule has 0 bridgehead atoms. The van der Waals surface area contributed by atoms with Crippen LogP contribution in [0.1, 0.15) is 17.5 Å². The number of ether oxygens (including phenoxy) is 1. The van der Waals surface area contributed by atoms with E-state index in [-0.39, 0.29) is 16.2 Å². The van der Waals surface area contributed by atoms with Crippen LogP contribution < -0.4 is 0 Å². The van der Waals surface area contributed by atoms with Crippen LogP contribution >= 0.6 is 0 Å². The van der Waals surface area contributed by atoms with Gasteiger partial charge in [0.1, 0.15) is 12.2 Å². The second kappa shape index (κ2) is 8.50. The Bertz CT molecular complexity index is 1040. The van der Waals surface area contributed by atoms with Gasteiger partial charge < -0.3 is 9.84 Å². The maximum Gasteiger partial charge on any atom is 0.297 e. The minimum absolute atomic E-state index is 0.0357. The molecule has 10 heteroatoms. The molecule has 2 aromatic rings. The van der Waals surface area contributed by atoms with E-state index in [9.17, 15) is 21.9 Å². The van der Waals surface area contributed by atoms with Crippen molar-refractivity contribution in [3.05, 3.63) is 59.7 Å². The van der Waals surface area contributed by atoms with Gasteiger partial charge in [-0.25, -0.2) is 0 Å². The highest BCUT2D eigenvalue weighted by atomic mass is 32.2. The first kappa shape index (κ1) is 21.9. The molecule has 1 N–H and O–H groups in total. The van der Waals surface area contributed by atoms with Crippen molar-refractivity contribution in [2.45, 2.75) is 48.6 Å². The average Bonchev–Trinajstić information content (AvgIpc) is 2.99. The summed E-state index contributed by atoms with van der Waals surface area (Å²) in [7, 11) is -8.20. The Balaban J connectivity index is 1.70. The summed E-state index contributed by atoms with van der Waals surface area (Å²) in [5.74, 6) is 0. The van der Waals surface area contributed by atoms with Crippen LogP contribution in [0.2, 0.25) is 0 Å². The lowest BCUT2D eigenvalue weighted by atomic mass is 10.2. The molecule has 1 heterocycles. The quantitative estimate of drug-likeness (QED) is 0.646. The van der Waals surface area contributed by atoms with Crippen LogP contribution in [0.5, 0.6) is 0 Å². The molecule has 1 aliphatic rings. The number of hydrogen-bond donors (Lipinski definition) is 1. The fourth-order valence-corrected chi connectivity index (χ4v) is 4.82. The number of hydrogen-bond acceptors (Lipinski definition) is 8. The smallest absolute Gasteiger partial charge is 0.297 e. The van der Waals surface area contributed by atoms with Crippen molar-refractivity contribution < 1.29 is 35.0 Å². The first-order valence-corrected chi connectivity index (χ1v) is 11.7. The molecule has 1 aliphatic heterocycles. The maximum atomic E-state index is 12.5. The Morgan fingerprint density at radius 1 is 0.897 bits per heavy atom. The summed E-state index contributed by atoms with van der Waals surface area (Å²) < 4.78 is 65.1. The zero-order valence-electron chi connectivity index (χ0n) is 15.9. The topological polar surface area (TPSA) is 116 Å². The third-order valence-corrected chi connectivity index (χ3v) is 7.08. The van der Waals surface area contributed by atoms with Gasteiger partial charge in [0.25, 0.3) is 20.2 Å². The van der Waals surface area contributed by atoms with E-state index < -0.39 is 45.3 Å². The molecule has 158 valence electrons. The van der Waals surface area contributed by atoms with Gasteiger partial charge in [0.05, 0.1) is 16.4 Å². The molecule has 0 saturated carbocycles. The molecule has 1 saturated heterocycles. The highest BCUT2D eigenvalue weighted by Crippen LogP contribution is 2.27. The molecule has 3 rings (SSSR count). The maximum absolute atomic E-state index is 12.5. The van der Waals surface area contributed by atoms with Gasteiger partial charge >= 0.3 is 0 Å². The van der Waals surface area contributed by atoms with Gasteiger partial charge in [-0.15, -0.1) is 0 Å². The third kappa shape index (κ3) is 5.41. The lowest BCUT2D eigenvalue weighted by molar-refractivity contribution is -0.103. The Morgan fingerprint density at radius 3 is 1.90 bits per heavy atom. The Hall–Kier alpha value is -1.82. The number of benzene rings is 2. The molecule has 0 radical (unpaired) electrons. The molecule has 1 fully saturated rings. The van der Waals surface area contributed by atoms with Crippen molar-refractivity contribution in [3.8, 4) is 0 Å². The predicted octanol–water partition coefficient (Wildman–Crippen LogP) is 1.89. The van der Waals surface area contributed by atoms with E-state index >= 15 is 0 Å². The molecule has 0 amide bonds. The number of aliphatic hydroxyl groups is 1. The average molecular weight is 443 g/mol. The van der Waals surface area contributed by atoms with E-state index in [1.807, 2.05) is 13.8 Å². The zero-order valence-corrected chi connectivity index (χ0v) is 17.5. The summed E-state index contributed by atoms with van der Waals surface area (Å²) >= 11 is 0. The number of rotatable bonds is 7. The van der Waals surface area contributed by atoms with Crippen molar-refractivity contribution in [3.63, 3.8) is 0 Å². The van der Waals surface area contributed by atoms with Crippen LogP contribution in [0.4, 0.5) is 0 Å². The van der Waals surface area contributed by atoms with Crippen molar-refractivity contribution in [2.75, 3.05) is 6.61 Å². The van der Waals surface area contributed by atoms with Crippen LogP contribution in [0.15, 0.2) is 58.3 Å². The molecule has 8 nitrogen and oxygen atoms in total. The van der Waals surface area contributed by atoms with Crippen molar-refractivity contribution in [2.24, 2.45) is 0 Å². The normalized spacial score (nSPS) is 22.7. The van der Waals surface area contributed by atoms with Crippen LogP contribution in [0, 0.1) is 13.8 Å². The lowest BCUT2D eigenvalue weighted by Gasteiger charge is -2.18. The second-order valence-corrected chi connectivity index (χ2v) is 10.0. The van der Waals surface area contributed by atoms with Crippen molar-refractivity contribution in [1.82, 2.24) is 0 Å². The van der Waals surface area contributed by atoms with Crippen LogP contribution in [-0.2, 0) is 33.3 Å². The summed E-state index contributed by atoms with van der Waals surface area (Å²) in [4.78, 5) is -0.0807. The van der Waals surface area contributed by atoms with E-state index in [2.05, 4.69) is 0 Å². The minimum atomic E-state index is -4.12. The molecule has 29 heavy (non-hydrogen) atoms. The van der Waals surface area contributed by atoms with Crippen molar-refractivity contribution in [1.29, 1.82) is 0 Å². The van der Waals surface area contributed by atoms with Crippen LogP contribution in [0.3, 0.4) is 0 Å². The highest BCUT2D eigenvalue weighted by molar-refractivity contribution is 7.87. The fourth-order valence-electron chi connectivity index (χ4n) is 2.80. The summed E-state index contributed by atoms with van der Waals surface area (Å²) in [6.45, 7) is 3.14. The van der Waals surface area contributed by atoms with Gasteiger partial charge in [-0.3, -0.25) is 8.37 Å². The van der Waals surface area contributed by atoms with Gasteiger partial charge in [0, 0.05) is 6.42 Å². The van der Waals surface area contributed by atoms with E-state index in [0.29, 0.717) is 0 Å². The largest absolute Gasteiger partial charge is 0.368 e. The molecule has 0 aliphatic carbocycles. The Labute approximate surface area is 170 Å². The van der Waals surface area contributed by atoms with Gasteiger partial charge in [-0.2, -0.15) is 16.8 Å². The van der Waals surface area contributed by atoms with E-state index in [0.717, 1.165) is 11.1 Å². The number of aryl methyl sites for hydroxylation is 2. The van der Waals surface area contributed by atoms with Gasteiger partial charge in [0.15, 0.2) is 6.29 Å². The second-order valence-electron chi connectivity index (χ2n) is 6.82. The molecule has 0 spiro atoms. The Morgan fingerprint density at radius 2 is 1.38 bits per heavy atom. The SMILES string of the molecule is Cc1ccc(S(=O)(=O)OCC2OC(O)CC2OS(=O)(=O)c2ccc(C)cc2)cc1. The van der Waals surface area contributed by atoms with Crippen LogP contribution in [0.25, 0.3) is 0 Å². The molecule has 0 aromatic heterocycles. The summed E-state index contributed by atoms with van der Waals surface area (Å²) in [5.41, 5.74) is 1.78. The van der Waals surface area contributed by atoms with Gasteiger partial charge in [0.2, 0.25) is 0 Å². The van der Waals surface area contributed by atoms with E-state index in [4.69, 9.17) is 13.1 Å². The van der Waals surface area contributed by atoms with E-state index in [1.54, 1.807) is 24.3 Å². The summed E-state index contributed by atoms with van der Waals surface area (Å²) in [5, 5.41) is 9.75. The standard InChI is InChI=1S/C19H22O8S2/c1-13-3-7-15(8-4-13)28(21,22)25-12-18-17(11-19(20)26-18)27-29(23,24)16-9-5-14(2)6-10-16/h3-10,17-20H,11-12H2,1-2H3. The summed E-state index contributed by atoms with van der Waals surface area (Å²) in [6, 6.07) is 12.2. The molecule has 3 unspecified atom stereocenters. The number of aliphatic hydroxyl groups excluding tert-OH is 1. The van der Waals surface area contributed by atoms with Crippen molar-refractivity contribution >= 4 is 20.2 Å². The van der Waals surface area contributed by atoms with Gasteiger partial charge in [-0.05, 0) is 38.1 Å². The molecule has 2 aromatic carbocycles. The predicted molar refractivity (Wildman–Crippen MR) is 103 cm³/mol. The molecular weight excluding hydrogens is 420 g/mol. The monoisotopic (exact) mass is 442 g/mol. The third-order valence-electron chi connectivity index (χ3n) is 4.44. The lowest BCUT2D eigenvalue weighted by Crippen LogP contribution is -2.32. The minimum Gasteiger partial charge on any atom is -0.368 e. The fraction of sp³-hybridized carbons (Fsp3) is 0.368.